The second-order valence-corrected chi connectivity index (χ2v) is 3.90. The quantitative estimate of drug-likeness (QED) is 0.797. The van der Waals surface area contributed by atoms with Crippen LogP contribution in [0.4, 0.5) is 5.69 Å². The van der Waals surface area contributed by atoms with Gasteiger partial charge in [0.2, 0.25) is 0 Å². The maximum Gasteiger partial charge on any atom is 0.257 e. The van der Waals surface area contributed by atoms with Crippen molar-refractivity contribution in [3.63, 3.8) is 0 Å². The Balaban J connectivity index is 2.80. The van der Waals surface area contributed by atoms with E-state index in [0.29, 0.717) is 0 Å². The number of halogens is 2. The molecule has 0 unspecified atom stereocenters. The van der Waals surface area contributed by atoms with Crippen molar-refractivity contribution in [2.24, 2.45) is 0 Å². The highest BCUT2D eigenvalue weighted by molar-refractivity contribution is 6.54. The van der Waals surface area contributed by atoms with Crippen LogP contribution in [0.5, 0.6) is 0 Å². The monoisotopic (exact) mass is 231 g/mol. The summed E-state index contributed by atoms with van der Waals surface area (Å²) in [5, 5.41) is 2.66. The van der Waals surface area contributed by atoms with Crippen LogP contribution in [-0.2, 0) is 11.2 Å². The molecule has 2 nitrogen and oxygen atoms in total. The molecule has 0 saturated heterocycles. The molecule has 0 radical (unpaired) electrons. The topological polar surface area (TPSA) is 29.1 Å². The lowest BCUT2D eigenvalue weighted by atomic mass is 10.1. The van der Waals surface area contributed by atoms with E-state index in [1.807, 2.05) is 31.2 Å². The molecule has 4 heteroatoms. The summed E-state index contributed by atoms with van der Waals surface area (Å²) >= 11 is 10.9. The minimum Gasteiger partial charge on any atom is -0.323 e. The number of para-hydroxylation sites is 1. The first kappa shape index (κ1) is 11.3. The molecule has 1 rings (SSSR count). The van der Waals surface area contributed by atoms with E-state index in [-0.39, 0.29) is 0 Å². The van der Waals surface area contributed by atoms with E-state index < -0.39 is 10.7 Å². The lowest BCUT2D eigenvalue weighted by Crippen LogP contribution is -2.19. The number of hydrogen-bond donors (Lipinski definition) is 1. The molecule has 1 N–H and O–H groups in total. The molecule has 0 aliphatic rings. The third-order valence-corrected chi connectivity index (χ3v) is 2.25. The van der Waals surface area contributed by atoms with Gasteiger partial charge in [-0.3, -0.25) is 4.79 Å². The number of rotatable bonds is 3. The normalized spacial score (nSPS) is 10.3. The minimum atomic E-state index is -1.03. The number of anilines is 1. The van der Waals surface area contributed by atoms with Gasteiger partial charge in [0.05, 0.1) is 0 Å². The zero-order valence-corrected chi connectivity index (χ0v) is 9.27. The zero-order valence-electron chi connectivity index (χ0n) is 7.76. The van der Waals surface area contributed by atoms with E-state index >= 15 is 0 Å². The van der Waals surface area contributed by atoms with Crippen molar-refractivity contribution in [2.75, 3.05) is 5.32 Å². The second-order valence-electron chi connectivity index (χ2n) is 2.80. The minimum absolute atomic E-state index is 0.394. The SMILES string of the molecule is CCc1ccccc1NC(=O)C(Cl)Cl. The van der Waals surface area contributed by atoms with Crippen LogP contribution < -0.4 is 5.32 Å². The highest BCUT2D eigenvalue weighted by Crippen LogP contribution is 2.16. The van der Waals surface area contributed by atoms with Crippen LogP contribution in [0.2, 0.25) is 0 Å². The first-order valence-corrected chi connectivity index (χ1v) is 5.19. The molecule has 1 aromatic carbocycles. The number of benzene rings is 1. The van der Waals surface area contributed by atoms with Crippen molar-refractivity contribution < 1.29 is 4.79 Å². The van der Waals surface area contributed by atoms with Gasteiger partial charge in [0.25, 0.3) is 5.91 Å². The molecule has 0 saturated carbocycles. The summed E-state index contributed by atoms with van der Waals surface area (Å²) in [6.07, 6.45) is 0.853. The molecule has 0 fully saturated rings. The summed E-state index contributed by atoms with van der Waals surface area (Å²) in [6, 6.07) is 7.56. The fourth-order valence-corrected chi connectivity index (χ4v) is 1.25. The first-order chi connectivity index (χ1) is 6.65. The van der Waals surface area contributed by atoms with Crippen LogP contribution in [0.3, 0.4) is 0 Å². The Hall–Kier alpha value is -0.730. The van der Waals surface area contributed by atoms with Crippen molar-refractivity contribution >= 4 is 34.8 Å². The van der Waals surface area contributed by atoms with Gasteiger partial charge >= 0.3 is 0 Å². The Morgan fingerprint density at radius 1 is 1.43 bits per heavy atom. The number of nitrogens with one attached hydrogen (secondary N) is 1. The molecular weight excluding hydrogens is 221 g/mol. The molecule has 1 aromatic rings. The van der Waals surface area contributed by atoms with Gasteiger partial charge in [0, 0.05) is 5.69 Å². The van der Waals surface area contributed by atoms with Crippen LogP contribution in [0.15, 0.2) is 24.3 Å². The van der Waals surface area contributed by atoms with Gasteiger partial charge in [-0.15, -0.1) is 0 Å². The third-order valence-electron chi connectivity index (χ3n) is 1.85. The number of carbonyl (C=O) groups is 1. The molecule has 0 bridgehead atoms. The maximum atomic E-state index is 11.2. The highest BCUT2D eigenvalue weighted by atomic mass is 35.5. The van der Waals surface area contributed by atoms with Crippen LogP contribution >= 0.6 is 23.2 Å². The number of alkyl halides is 2. The van der Waals surface area contributed by atoms with Crippen molar-refractivity contribution in [3.05, 3.63) is 29.8 Å². The molecule has 1 amide bonds. The van der Waals surface area contributed by atoms with Crippen molar-refractivity contribution in [1.29, 1.82) is 0 Å². The molecule has 0 heterocycles. The summed E-state index contributed by atoms with van der Waals surface area (Å²) in [6.45, 7) is 2.02. The molecule has 0 spiro atoms. The summed E-state index contributed by atoms with van der Waals surface area (Å²) in [7, 11) is 0. The van der Waals surface area contributed by atoms with E-state index in [9.17, 15) is 4.79 Å². The lowest BCUT2D eigenvalue weighted by molar-refractivity contribution is -0.114. The molecule has 0 aliphatic carbocycles. The number of amides is 1. The van der Waals surface area contributed by atoms with Gasteiger partial charge < -0.3 is 5.32 Å². The fraction of sp³-hybridized carbons (Fsp3) is 0.300. The van der Waals surface area contributed by atoms with Gasteiger partial charge in [0.15, 0.2) is 4.84 Å². The molecule has 0 aromatic heterocycles. The Kier molecular flexibility index (Phi) is 4.23. The summed E-state index contributed by atoms with van der Waals surface area (Å²) in [5.74, 6) is -0.394. The first-order valence-electron chi connectivity index (χ1n) is 4.32. The number of aryl methyl sites for hydroxylation is 1. The Labute approximate surface area is 93.2 Å². The van der Waals surface area contributed by atoms with E-state index in [1.165, 1.54) is 0 Å². The summed E-state index contributed by atoms with van der Waals surface area (Å²) in [5.41, 5.74) is 1.83. The zero-order chi connectivity index (χ0) is 10.6. The van der Waals surface area contributed by atoms with Crippen molar-refractivity contribution in [1.82, 2.24) is 0 Å². The third kappa shape index (κ3) is 2.89. The van der Waals surface area contributed by atoms with Crippen LogP contribution in [0, 0.1) is 0 Å². The van der Waals surface area contributed by atoms with Gasteiger partial charge in [-0.05, 0) is 18.1 Å². The predicted molar refractivity (Wildman–Crippen MR) is 59.9 cm³/mol. The van der Waals surface area contributed by atoms with Crippen molar-refractivity contribution in [2.45, 2.75) is 18.2 Å². The lowest BCUT2D eigenvalue weighted by Gasteiger charge is -2.09. The van der Waals surface area contributed by atoms with Gasteiger partial charge in [0.1, 0.15) is 0 Å². The molecular formula is C10H11Cl2NO. The molecule has 76 valence electrons. The van der Waals surface area contributed by atoms with E-state index in [4.69, 9.17) is 23.2 Å². The van der Waals surface area contributed by atoms with Crippen LogP contribution in [-0.4, -0.2) is 10.7 Å². The Morgan fingerprint density at radius 2 is 2.07 bits per heavy atom. The predicted octanol–water partition coefficient (Wildman–Crippen LogP) is 2.99. The summed E-state index contributed by atoms with van der Waals surface area (Å²) < 4.78 is 0. The highest BCUT2D eigenvalue weighted by Gasteiger charge is 2.12. The molecule has 0 atom stereocenters. The Bertz CT molecular complexity index is 326. The van der Waals surface area contributed by atoms with Gasteiger partial charge in [-0.25, -0.2) is 0 Å². The maximum absolute atomic E-state index is 11.2. The van der Waals surface area contributed by atoms with Crippen LogP contribution in [0.1, 0.15) is 12.5 Å². The number of hydrogen-bond acceptors (Lipinski definition) is 1. The van der Waals surface area contributed by atoms with E-state index in [2.05, 4.69) is 5.32 Å². The number of carbonyl (C=O) groups excluding carboxylic acids is 1. The summed E-state index contributed by atoms with van der Waals surface area (Å²) in [4.78, 5) is 10.2. The Morgan fingerprint density at radius 3 is 2.64 bits per heavy atom. The molecule has 14 heavy (non-hydrogen) atoms. The van der Waals surface area contributed by atoms with E-state index in [1.54, 1.807) is 0 Å². The second kappa shape index (κ2) is 5.23. The largest absolute Gasteiger partial charge is 0.323 e. The fourth-order valence-electron chi connectivity index (χ4n) is 1.14. The van der Waals surface area contributed by atoms with Gasteiger partial charge in [-0.2, -0.15) is 0 Å². The smallest absolute Gasteiger partial charge is 0.257 e. The average Bonchev–Trinajstić information content (AvgIpc) is 2.18. The van der Waals surface area contributed by atoms with Crippen molar-refractivity contribution in [3.8, 4) is 0 Å². The molecule has 0 aliphatic heterocycles. The standard InChI is InChI=1S/C10H11Cl2NO/c1-2-7-5-3-4-6-8(7)13-10(14)9(11)12/h3-6,9H,2H2,1H3,(H,13,14). The van der Waals surface area contributed by atoms with E-state index in [0.717, 1.165) is 17.7 Å². The van der Waals surface area contributed by atoms with Crippen LogP contribution in [0.25, 0.3) is 0 Å². The average molecular weight is 232 g/mol. The van der Waals surface area contributed by atoms with Gasteiger partial charge in [-0.1, -0.05) is 48.3 Å².